The molecule has 1 aromatic rings. The standard InChI is InChI=1S/C9H14N4O2/c1-7-10-9(13(14)15)11-12(7)8-5-3-2-4-6-8/h8H,2-6H2,1H3. The van der Waals surface area contributed by atoms with Gasteiger partial charge in [0.05, 0.1) is 6.04 Å². The van der Waals surface area contributed by atoms with Gasteiger partial charge in [0.25, 0.3) is 0 Å². The second-order valence-electron chi connectivity index (χ2n) is 3.95. The van der Waals surface area contributed by atoms with Gasteiger partial charge in [-0.3, -0.25) is 0 Å². The molecule has 0 radical (unpaired) electrons. The summed E-state index contributed by atoms with van der Waals surface area (Å²) in [5, 5.41) is 14.5. The molecule has 0 spiro atoms. The van der Waals surface area contributed by atoms with Gasteiger partial charge in [-0.05, 0) is 22.7 Å². The quantitative estimate of drug-likeness (QED) is 0.552. The summed E-state index contributed by atoms with van der Waals surface area (Å²) in [5.41, 5.74) is 0. The Hall–Kier alpha value is -1.46. The van der Waals surface area contributed by atoms with Crippen LogP contribution in [0.1, 0.15) is 44.0 Å². The Morgan fingerprint density at radius 1 is 1.40 bits per heavy atom. The predicted molar refractivity (Wildman–Crippen MR) is 53.5 cm³/mol. The minimum atomic E-state index is -0.535. The van der Waals surface area contributed by atoms with Gasteiger partial charge in [-0.2, -0.15) is 4.68 Å². The second-order valence-corrected chi connectivity index (χ2v) is 3.95. The third-order valence-corrected chi connectivity index (χ3v) is 2.87. The van der Waals surface area contributed by atoms with Crippen LogP contribution >= 0.6 is 0 Å². The van der Waals surface area contributed by atoms with Gasteiger partial charge in [-0.25, -0.2) is 0 Å². The summed E-state index contributed by atoms with van der Waals surface area (Å²) in [5.74, 6) is 0.367. The number of hydrogen-bond acceptors (Lipinski definition) is 4. The maximum atomic E-state index is 10.5. The number of nitro groups is 1. The van der Waals surface area contributed by atoms with E-state index in [9.17, 15) is 10.1 Å². The molecule has 1 saturated carbocycles. The molecule has 1 aromatic heterocycles. The predicted octanol–water partition coefficient (Wildman–Crippen LogP) is 2.00. The van der Waals surface area contributed by atoms with Gasteiger partial charge in [0, 0.05) is 12.0 Å². The lowest BCUT2D eigenvalue weighted by atomic mass is 9.96. The van der Waals surface area contributed by atoms with Gasteiger partial charge in [0.15, 0.2) is 0 Å². The van der Waals surface area contributed by atoms with E-state index < -0.39 is 4.92 Å². The van der Waals surface area contributed by atoms with E-state index in [0.717, 1.165) is 12.8 Å². The van der Waals surface area contributed by atoms with Gasteiger partial charge in [-0.1, -0.05) is 19.3 Å². The summed E-state index contributed by atoms with van der Waals surface area (Å²) in [6.45, 7) is 1.77. The first-order chi connectivity index (χ1) is 7.18. The summed E-state index contributed by atoms with van der Waals surface area (Å²) < 4.78 is 1.72. The van der Waals surface area contributed by atoms with Gasteiger partial charge < -0.3 is 10.1 Å². The minimum Gasteiger partial charge on any atom is -0.390 e. The van der Waals surface area contributed by atoms with E-state index in [-0.39, 0.29) is 5.95 Å². The van der Waals surface area contributed by atoms with Crippen molar-refractivity contribution in [3.05, 3.63) is 15.9 Å². The number of nitrogens with zero attached hydrogens (tertiary/aromatic N) is 4. The Morgan fingerprint density at radius 3 is 2.60 bits per heavy atom. The minimum absolute atomic E-state index is 0.280. The normalized spacial score (nSPS) is 17.9. The van der Waals surface area contributed by atoms with E-state index in [1.165, 1.54) is 19.3 Å². The molecule has 2 rings (SSSR count). The van der Waals surface area contributed by atoms with Crippen LogP contribution in [0.2, 0.25) is 0 Å². The maximum absolute atomic E-state index is 10.5. The Kier molecular flexibility index (Phi) is 2.66. The lowest BCUT2D eigenvalue weighted by Crippen LogP contribution is -2.15. The summed E-state index contributed by atoms with van der Waals surface area (Å²) in [6, 6.07) is 0.306. The average Bonchev–Trinajstić information content (AvgIpc) is 2.62. The van der Waals surface area contributed by atoms with E-state index in [2.05, 4.69) is 10.1 Å². The summed E-state index contributed by atoms with van der Waals surface area (Å²) in [4.78, 5) is 13.8. The van der Waals surface area contributed by atoms with Crippen molar-refractivity contribution >= 4 is 5.95 Å². The molecular weight excluding hydrogens is 196 g/mol. The first-order valence-corrected chi connectivity index (χ1v) is 5.26. The molecule has 15 heavy (non-hydrogen) atoms. The molecule has 0 unspecified atom stereocenters. The van der Waals surface area contributed by atoms with Crippen molar-refractivity contribution in [3.63, 3.8) is 0 Å². The molecular formula is C9H14N4O2. The van der Waals surface area contributed by atoms with E-state index >= 15 is 0 Å². The number of aryl methyl sites for hydroxylation is 1. The van der Waals surface area contributed by atoms with Crippen LogP contribution in [-0.4, -0.2) is 19.7 Å². The lowest BCUT2D eigenvalue weighted by molar-refractivity contribution is -0.394. The second kappa shape index (κ2) is 3.96. The van der Waals surface area contributed by atoms with Crippen molar-refractivity contribution in [2.75, 3.05) is 0 Å². The summed E-state index contributed by atoms with van der Waals surface area (Å²) in [6.07, 6.45) is 5.73. The van der Waals surface area contributed by atoms with Crippen LogP contribution in [-0.2, 0) is 0 Å². The third-order valence-electron chi connectivity index (χ3n) is 2.87. The fraction of sp³-hybridized carbons (Fsp3) is 0.778. The van der Waals surface area contributed by atoms with Crippen molar-refractivity contribution in [2.45, 2.75) is 45.1 Å². The smallest absolute Gasteiger partial charge is 0.390 e. The molecule has 1 fully saturated rings. The Bertz CT molecular complexity index is 368. The lowest BCUT2D eigenvalue weighted by Gasteiger charge is -2.19. The first-order valence-electron chi connectivity index (χ1n) is 5.26. The van der Waals surface area contributed by atoms with Crippen LogP contribution in [0, 0.1) is 17.0 Å². The number of hydrogen-bond donors (Lipinski definition) is 0. The van der Waals surface area contributed by atoms with Gasteiger partial charge in [-0.15, -0.1) is 0 Å². The summed E-state index contributed by atoms with van der Waals surface area (Å²) in [7, 11) is 0. The fourth-order valence-corrected chi connectivity index (χ4v) is 2.14. The van der Waals surface area contributed by atoms with Gasteiger partial charge >= 0.3 is 5.95 Å². The average molecular weight is 210 g/mol. The van der Waals surface area contributed by atoms with Crippen LogP contribution in [0.3, 0.4) is 0 Å². The first kappa shape index (κ1) is 10.1. The summed E-state index contributed by atoms with van der Waals surface area (Å²) >= 11 is 0. The van der Waals surface area contributed by atoms with Crippen LogP contribution in [0.15, 0.2) is 0 Å². The highest BCUT2D eigenvalue weighted by Gasteiger charge is 2.25. The van der Waals surface area contributed by atoms with Crippen molar-refractivity contribution in [2.24, 2.45) is 0 Å². The number of rotatable bonds is 2. The van der Waals surface area contributed by atoms with Crippen LogP contribution in [0.5, 0.6) is 0 Å². The molecule has 1 heterocycles. The monoisotopic (exact) mass is 210 g/mol. The topological polar surface area (TPSA) is 73.8 Å². The Morgan fingerprint density at radius 2 is 2.07 bits per heavy atom. The van der Waals surface area contributed by atoms with Gasteiger partial charge in [0.1, 0.15) is 0 Å². The molecule has 0 N–H and O–H groups in total. The zero-order valence-electron chi connectivity index (χ0n) is 8.72. The van der Waals surface area contributed by atoms with Crippen LogP contribution in [0.4, 0.5) is 5.95 Å². The number of aromatic nitrogens is 3. The van der Waals surface area contributed by atoms with Crippen LogP contribution < -0.4 is 0 Å². The van der Waals surface area contributed by atoms with E-state index in [1.807, 2.05) is 0 Å². The molecule has 1 aliphatic carbocycles. The van der Waals surface area contributed by atoms with Crippen molar-refractivity contribution in [1.82, 2.24) is 14.8 Å². The molecule has 0 aromatic carbocycles. The fourth-order valence-electron chi connectivity index (χ4n) is 2.14. The SMILES string of the molecule is Cc1nc([N+](=O)[O-])nn1C1CCCCC1. The van der Waals surface area contributed by atoms with E-state index in [1.54, 1.807) is 11.6 Å². The Labute approximate surface area is 87.5 Å². The molecule has 6 heteroatoms. The zero-order chi connectivity index (χ0) is 10.8. The largest absolute Gasteiger partial charge is 0.491 e. The van der Waals surface area contributed by atoms with Crippen LogP contribution in [0.25, 0.3) is 0 Å². The van der Waals surface area contributed by atoms with Crippen molar-refractivity contribution < 1.29 is 4.92 Å². The third kappa shape index (κ3) is 1.98. The van der Waals surface area contributed by atoms with Gasteiger partial charge in [0.2, 0.25) is 5.82 Å². The zero-order valence-corrected chi connectivity index (χ0v) is 8.72. The van der Waals surface area contributed by atoms with E-state index in [0.29, 0.717) is 11.9 Å². The van der Waals surface area contributed by atoms with Crippen molar-refractivity contribution in [1.29, 1.82) is 0 Å². The molecule has 0 bridgehead atoms. The van der Waals surface area contributed by atoms with Crippen molar-refractivity contribution in [3.8, 4) is 0 Å². The molecule has 0 saturated heterocycles. The Balaban J connectivity index is 2.22. The molecule has 82 valence electrons. The molecule has 6 nitrogen and oxygen atoms in total. The molecule has 1 aliphatic rings. The highest BCUT2D eigenvalue weighted by molar-refractivity contribution is 5.04. The highest BCUT2D eigenvalue weighted by atomic mass is 16.6. The highest BCUT2D eigenvalue weighted by Crippen LogP contribution is 2.28. The molecule has 0 aliphatic heterocycles. The molecule has 0 atom stereocenters. The van der Waals surface area contributed by atoms with E-state index in [4.69, 9.17) is 0 Å². The molecule has 0 amide bonds. The maximum Gasteiger partial charge on any atom is 0.491 e.